The lowest BCUT2D eigenvalue weighted by Gasteiger charge is -2.33. The average molecular weight is 618 g/mol. The molecular formula is C39H32N5OP. The quantitative estimate of drug-likeness (QED) is 0.131. The van der Waals surface area contributed by atoms with E-state index in [-0.39, 0.29) is 0 Å². The molecule has 1 unspecified atom stereocenters. The number of rotatable bonds is 7. The van der Waals surface area contributed by atoms with E-state index in [1.165, 1.54) is 0 Å². The molecule has 46 heavy (non-hydrogen) atoms. The summed E-state index contributed by atoms with van der Waals surface area (Å²) in [6.45, 7) is 3.95. The molecular weight excluding hydrogens is 585 g/mol. The maximum Gasteiger partial charge on any atom is 0.301 e. The van der Waals surface area contributed by atoms with E-state index in [4.69, 9.17) is 15.0 Å². The van der Waals surface area contributed by atoms with Gasteiger partial charge in [0, 0.05) is 28.1 Å². The molecule has 2 heterocycles. The van der Waals surface area contributed by atoms with E-state index in [1.54, 1.807) is 0 Å². The molecule has 0 radical (unpaired) electrons. The Morgan fingerprint density at radius 2 is 1.09 bits per heavy atom. The highest BCUT2D eigenvalue weighted by molar-refractivity contribution is 7.75. The standard InChI is InChI=1S/C39H32N5OP/c1-3-17-32(4-2)43-35-27-26-31(28-36(35)44(33-22-13-7-14-23-33)46(43,45)34-24-15-8-16-25-34)39-41-37(29-18-9-5-10-19-29)40-38(42-39)30-20-11-6-12-21-30/h3-28H,1-2H3/b17-3-,32-4+. The van der Waals surface area contributed by atoms with Gasteiger partial charge < -0.3 is 0 Å². The van der Waals surface area contributed by atoms with Crippen molar-refractivity contribution >= 4 is 29.8 Å². The Bertz CT molecular complexity index is 2040. The first kappa shape index (κ1) is 29.1. The lowest BCUT2D eigenvalue weighted by molar-refractivity contribution is 0.582. The molecule has 0 amide bonds. The van der Waals surface area contributed by atoms with Crippen LogP contribution < -0.4 is 14.6 Å². The molecule has 6 nitrogen and oxygen atoms in total. The van der Waals surface area contributed by atoms with Crippen LogP contribution in [0, 0.1) is 0 Å². The SMILES string of the molecule is C/C=C\C(=C/C)N1c2ccc(-c3nc(-c4ccccc4)nc(-c4ccccc4)n3)cc2N(c2ccccc2)P1(=O)c1ccccc1. The second-order valence-electron chi connectivity index (χ2n) is 10.8. The van der Waals surface area contributed by atoms with E-state index in [2.05, 4.69) is 6.07 Å². The van der Waals surface area contributed by atoms with Crippen LogP contribution in [0.1, 0.15) is 13.8 Å². The number of allylic oxidation sites excluding steroid dienone is 3. The summed E-state index contributed by atoms with van der Waals surface area (Å²) >= 11 is 0. The third-order valence-electron chi connectivity index (χ3n) is 7.90. The molecule has 7 rings (SSSR count). The van der Waals surface area contributed by atoms with Crippen LogP contribution in [0.25, 0.3) is 34.2 Å². The molecule has 1 aliphatic rings. The fourth-order valence-electron chi connectivity index (χ4n) is 5.80. The minimum absolute atomic E-state index is 0.538. The predicted octanol–water partition coefficient (Wildman–Crippen LogP) is 9.83. The molecule has 7 heteroatoms. The number of benzene rings is 5. The van der Waals surface area contributed by atoms with E-state index in [1.807, 2.05) is 175 Å². The molecule has 6 aromatic rings. The fraction of sp³-hybridized carbons (Fsp3) is 0.0513. The summed E-state index contributed by atoms with van der Waals surface area (Å²) < 4.78 is 19.9. The van der Waals surface area contributed by atoms with E-state index >= 15 is 4.57 Å². The van der Waals surface area contributed by atoms with Gasteiger partial charge in [0.15, 0.2) is 17.5 Å². The highest BCUT2D eigenvalue weighted by atomic mass is 31.2. The third-order valence-corrected chi connectivity index (χ3v) is 10.9. The molecule has 1 atom stereocenters. The maximum atomic E-state index is 15.9. The van der Waals surface area contributed by atoms with Crippen molar-refractivity contribution in [2.75, 3.05) is 9.34 Å². The van der Waals surface area contributed by atoms with Gasteiger partial charge in [-0.25, -0.2) is 15.0 Å². The summed E-state index contributed by atoms with van der Waals surface area (Å²) in [6.07, 6.45) is 5.99. The topological polar surface area (TPSA) is 62.2 Å². The van der Waals surface area contributed by atoms with Gasteiger partial charge in [-0.2, -0.15) is 0 Å². The second kappa shape index (κ2) is 12.4. The number of hydrogen-bond donors (Lipinski definition) is 0. The van der Waals surface area contributed by atoms with Crippen LogP contribution in [0.3, 0.4) is 0 Å². The van der Waals surface area contributed by atoms with Crippen molar-refractivity contribution in [2.45, 2.75) is 13.8 Å². The molecule has 1 aliphatic heterocycles. The van der Waals surface area contributed by atoms with Crippen LogP contribution >= 0.6 is 7.44 Å². The molecule has 224 valence electrons. The summed E-state index contributed by atoms with van der Waals surface area (Å²) in [4.78, 5) is 14.8. The van der Waals surface area contributed by atoms with Gasteiger partial charge in [-0.1, -0.05) is 109 Å². The summed E-state index contributed by atoms with van der Waals surface area (Å²) in [5.41, 5.74) is 5.93. The van der Waals surface area contributed by atoms with Crippen LogP contribution in [0.5, 0.6) is 0 Å². The normalized spacial score (nSPS) is 16.2. The molecule has 0 fully saturated rings. The molecule has 1 aromatic heterocycles. The van der Waals surface area contributed by atoms with Crippen molar-refractivity contribution in [1.82, 2.24) is 15.0 Å². The number of fused-ring (bicyclic) bond motifs is 1. The zero-order valence-electron chi connectivity index (χ0n) is 25.6. The molecule has 0 saturated carbocycles. The van der Waals surface area contributed by atoms with Gasteiger partial charge in [0.2, 0.25) is 0 Å². The van der Waals surface area contributed by atoms with Crippen molar-refractivity contribution in [1.29, 1.82) is 0 Å². The summed E-state index contributed by atoms with van der Waals surface area (Å²) in [6, 6.07) is 45.6. The van der Waals surface area contributed by atoms with Crippen molar-refractivity contribution < 1.29 is 4.57 Å². The Morgan fingerprint density at radius 3 is 1.61 bits per heavy atom. The van der Waals surface area contributed by atoms with Crippen molar-refractivity contribution in [2.24, 2.45) is 0 Å². The number of nitrogens with zero attached hydrogens (tertiary/aromatic N) is 5. The molecule has 0 N–H and O–H groups in total. The number of hydrogen-bond acceptors (Lipinski definition) is 4. The van der Waals surface area contributed by atoms with E-state index in [9.17, 15) is 0 Å². The Morgan fingerprint density at radius 1 is 0.587 bits per heavy atom. The first-order chi connectivity index (χ1) is 22.6. The van der Waals surface area contributed by atoms with Crippen LogP contribution in [0.4, 0.5) is 17.1 Å². The van der Waals surface area contributed by atoms with Crippen molar-refractivity contribution in [3.8, 4) is 34.2 Å². The third kappa shape index (κ3) is 5.13. The lowest BCUT2D eigenvalue weighted by Crippen LogP contribution is -2.28. The Labute approximate surface area is 269 Å². The first-order valence-corrected chi connectivity index (χ1v) is 16.9. The van der Waals surface area contributed by atoms with Gasteiger partial charge in [-0.3, -0.25) is 13.9 Å². The summed E-state index contributed by atoms with van der Waals surface area (Å²) in [5.74, 6) is 1.72. The number of aromatic nitrogens is 3. The summed E-state index contributed by atoms with van der Waals surface area (Å²) in [5, 5.41) is 0.735. The Hall–Kier alpha value is -5.58. The number of anilines is 3. The zero-order chi connectivity index (χ0) is 31.5. The van der Waals surface area contributed by atoms with Gasteiger partial charge in [0.1, 0.15) is 0 Å². The smallest absolute Gasteiger partial charge is 0.270 e. The van der Waals surface area contributed by atoms with Gasteiger partial charge in [-0.05, 0) is 62.4 Å². The first-order valence-electron chi connectivity index (χ1n) is 15.2. The largest absolute Gasteiger partial charge is 0.301 e. The van der Waals surface area contributed by atoms with Crippen molar-refractivity contribution in [3.63, 3.8) is 0 Å². The zero-order valence-corrected chi connectivity index (χ0v) is 26.5. The molecule has 0 bridgehead atoms. The van der Waals surface area contributed by atoms with Crippen LogP contribution in [-0.4, -0.2) is 15.0 Å². The molecule has 0 aliphatic carbocycles. The highest BCUT2D eigenvalue weighted by Gasteiger charge is 2.49. The minimum Gasteiger partial charge on any atom is -0.270 e. The highest BCUT2D eigenvalue weighted by Crippen LogP contribution is 2.69. The van der Waals surface area contributed by atoms with E-state index in [0.717, 1.165) is 44.8 Å². The predicted molar refractivity (Wildman–Crippen MR) is 189 cm³/mol. The fourth-order valence-corrected chi connectivity index (χ4v) is 8.86. The Balaban J connectivity index is 1.48. The van der Waals surface area contributed by atoms with E-state index in [0.29, 0.717) is 17.5 Å². The molecule has 0 saturated heterocycles. The Kier molecular flexibility index (Phi) is 7.88. The summed E-state index contributed by atoms with van der Waals surface area (Å²) in [7, 11) is -3.48. The monoisotopic (exact) mass is 617 g/mol. The average Bonchev–Trinajstić information content (AvgIpc) is 3.40. The number of para-hydroxylation sites is 1. The lowest BCUT2D eigenvalue weighted by atomic mass is 10.1. The molecule has 5 aromatic carbocycles. The van der Waals surface area contributed by atoms with Crippen LogP contribution in [0.15, 0.2) is 163 Å². The molecule has 0 spiro atoms. The van der Waals surface area contributed by atoms with Gasteiger partial charge in [-0.15, -0.1) is 0 Å². The van der Waals surface area contributed by atoms with Crippen LogP contribution in [0.2, 0.25) is 0 Å². The van der Waals surface area contributed by atoms with Crippen molar-refractivity contribution in [3.05, 3.63) is 163 Å². The van der Waals surface area contributed by atoms with E-state index < -0.39 is 7.44 Å². The minimum atomic E-state index is -3.48. The van der Waals surface area contributed by atoms with Gasteiger partial charge in [0.25, 0.3) is 0 Å². The van der Waals surface area contributed by atoms with Gasteiger partial charge in [0.05, 0.1) is 16.7 Å². The van der Waals surface area contributed by atoms with Crippen LogP contribution in [-0.2, 0) is 4.57 Å². The maximum absolute atomic E-state index is 15.9. The second-order valence-corrected chi connectivity index (χ2v) is 13.2. The van der Waals surface area contributed by atoms with Gasteiger partial charge >= 0.3 is 7.44 Å².